The van der Waals surface area contributed by atoms with Crippen molar-refractivity contribution in [2.75, 3.05) is 127 Å². The predicted octanol–water partition coefficient (Wildman–Crippen LogP) is -1.11. The highest BCUT2D eigenvalue weighted by atomic mass is 32.2. The van der Waals surface area contributed by atoms with E-state index in [-0.39, 0.29) is 151 Å². The molecule has 3 aliphatic heterocycles. The van der Waals surface area contributed by atoms with Gasteiger partial charge in [-0.2, -0.15) is 46.7 Å². The Morgan fingerprint density at radius 3 is 1.78 bits per heavy atom. The Balaban J connectivity index is 1.17. The zero-order chi connectivity index (χ0) is 95.0. The molecule has 0 bridgehead atoms. The molecular formula is C83H120N17O24S5+. The Labute approximate surface area is 764 Å². The van der Waals surface area contributed by atoms with Crippen LogP contribution in [0.2, 0.25) is 0 Å². The molecule has 1 saturated heterocycles. The average molecular weight is 1900 g/mol. The number of carbonyl (C=O) groups is 13. The summed E-state index contributed by atoms with van der Waals surface area (Å²) in [6.07, 6.45) is 10.1. The number of aliphatic imine (C=N–C) groups is 1. The molecule has 41 nitrogen and oxygen atoms in total. The Morgan fingerprint density at radius 1 is 0.597 bits per heavy atom. The number of fused-ring (bicyclic) bond motifs is 2. The van der Waals surface area contributed by atoms with Gasteiger partial charge in [0.25, 0.3) is 20.2 Å². The van der Waals surface area contributed by atoms with Gasteiger partial charge in [-0.25, -0.2) is 0 Å². The highest BCUT2D eigenvalue weighted by Gasteiger charge is 2.46. The topological polar surface area (TPSA) is 617 Å². The number of allylic oxidation sites excluding steroid dienone is 6. The van der Waals surface area contributed by atoms with E-state index in [1.54, 1.807) is 42.5 Å². The monoisotopic (exact) mass is 1900 g/mol. The molecule has 0 spiro atoms. The van der Waals surface area contributed by atoms with Gasteiger partial charge in [0.05, 0.1) is 73.6 Å². The molecule has 12 amide bonds. The minimum Gasteiger partial charge on any atom is -0.481 e. The number of carbonyl (C=O) groups excluding carboxylic acids is 12. The van der Waals surface area contributed by atoms with Gasteiger partial charge in [-0.05, 0) is 113 Å². The van der Waals surface area contributed by atoms with Crippen LogP contribution in [0, 0.1) is 0 Å². The number of benzene rings is 3. The molecule has 20 N–H and O–H groups in total. The summed E-state index contributed by atoms with van der Waals surface area (Å²) < 4.78 is 92.5. The van der Waals surface area contributed by atoms with Gasteiger partial charge in [-0.3, -0.25) is 76.4 Å². The molecule has 7 atom stereocenters. The molecule has 1 fully saturated rings. The number of anilines is 1. The zero-order valence-electron chi connectivity index (χ0n) is 72.6. The maximum atomic E-state index is 14.7. The number of nitrogens with zero attached hydrogens (tertiary/aromatic N) is 3. The molecule has 710 valence electrons. The van der Waals surface area contributed by atoms with E-state index in [2.05, 4.69) is 98.2 Å². The van der Waals surface area contributed by atoms with E-state index in [4.69, 9.17) is 36.1 Å². The number of unbranched alkanes of at least 4 members (excludes halogenated alkanes) is 3. The normalized spacial score (nSPS) is 20.2. The lowest BCUT2D eigenvalue weighted by Gasteiger charge is -2.26. The number of carboxylic acids is 1. The maximum absolute atomic E-state index is 14.7. The first-order valence-corrected chi connectivity index (χ1v) is 47.1. The smallest absolute Gasteiger partial charge is 0.305 e. The first-order chi connectivity index (χ1) is 61.2. The number of ether oxygens (including phenoxy) is 4. The van der Waals surface area contributed by atoms with Crippen molar-refractivity contribution in [3.8, 4) is 0 Å². The number of thioether (sulfide) groups is 1. The molecule has 3 heterocycles. The number of carboxylic acid groups (broad SMARTS) is 1. The highest BCUT2D eigenvalue weighted by molar-refractivity contribution is 8.00. The fraction of sp³-hybridized carbons (Fsp3) is 0.530. The van der Waals surface area contributed by atoms with Gasteiger partial charge in [0, 0.05) is 104 Å². The number of nitrogens with two attached hydrogens (primary N) is 3. The molecule has 0 aliphatic carbocycles. The summed E-state index contributed by atoms with van der Waals surface area (Å²) in [6.45, 7) is 9.84. The molecule has 0 saturated carbocycles. The number of likely N-dealkylation sites (N-methyl/N-ethyl adjacent to an activating group) is 1. The van der Waals surface area contributed by atoms with E-state index in [0.717, 1.165) is 40.1 Å². The number of aliphatic carboxylic acids is 1. The summed E-state index contributed by atoms with van der Waals surface area (Å²) in [5.74, 6) is -13.6. The predicted molar refractivity (Wildman–Crippen MR) is 485 cm³/mol. The summed E-state index contributed by atoms with van der Waals surface area (Å²) in [5, 5.41) is 38.0. The molecule has 3 aromatic carbocycles. The van der Waals surface area contributed by atoms with E-state index < -0.39 is 175 Å². The number of rotatable bonds is 44. The SMILES string of the molecule is CCN1\C(=C/C=C/C=C/C2=[N+](CCCCCC(=O)NCCCC[C@@H]3NC(=O)CSC[C@@H](C(=O)NCCOCCOCCOCCNC(=O)COCC(N)=O)NC(=O)[C@H](Cc4ccccc4)NC(=O)[C@H](CS)NC(=O)[C@H](CC(=O)O)NC(=O)CNC(=O)[C@H](CCCN=C(N)N)NC(=O)[C@H](CS)NC3=O)c3ccc(S(=O)(=O)O)cc3C2(C)C)C(C)(C)c2cc(S(=O)(=O)O)ccc21. The Morgan fingerprint density at radius 2 is 1.16 bits per heavy atom. The summed E-state index contributed by atoms with van der Waals surface area (Å²) >= 11 is 9.45. The first-order valence-electron chi connectivity index (χ1n) is 41.8. The van der Waals surface area contributed by atoms with Gasteiger partial charge in [0.1, 0.15) is 62.1 Å². The second-order valence-electron chi connectivity index (χ2n) is 31.1. The number of hydrogen-bond acceptors (Lipinski definition) is 26. The van der Waals surface area contributed by atoms with Crippen LogP contribution in [0.4, 0.5) is 11.4 Å². The van der Waals surface area contributed by atoms with Crippen LogP contribution in [0.1, 0.15) is 116 Å². The van der Waals surface area contributed by atoms with Crippen molar-refractivity contribution in [1.82, 2.24) is 58.5 Å². The van der Waals surface area contributed by atoms with E-state index >= 15 is 0 Å². The lowest BCUT2D eigenvalue weighted by atomic mass is 9.81. The van der Waals surface area contributed by atoms with Crippen LogP contribution < -0.4 is 80.6 Å². The van der Waals surface area contributed by atoms with Crippen molar-refractivity contribution in [1.29, 1.82) is 0 Å². The van der Waals surface area contributed by atoms with Crippen LogP contribution in [-0.2, 0) is 119 Å². The lowest BCUT2D eigenvalue weighted by molar-refractivity contribution is -0.438. The zero-order valence-corrected chi connectivity index (χ0v) is 76.8. The van der Waals surface area contributed by atoms with Gasteiger partial charge in [-0.1, -0.05) is 62.4 Å². The van der Waals surface area contributed by atoms with E-state index in [1.807, 2.05) is 65.0 Å². The average Bonchev–Trinajstić information content (AvgIpc) is 1.59. The molecule has 3 aromatic rings. The number of hydrogen-bond donors (Lipinski definition) is 19. The van der Waals surface area contributed by atoms with E-state index in [0.29, 0.717) is 43.5 Å². The molecule has 0 unspecified atom stereocenters. The van der Waals surface area contributed by atoms with Crippen molar-refractivity contribution < 1.29 is 117 Å². The molecular weight excluding hydrogens is 1780 g/mol. The van der Waals surface area contributed by atoms with Crippen molar-refractivity contribution in [3.63, 3.8) is 0 Å². The Kier molecular flexibility index (Phi) is 44.5. The van der Waals surface area contributed by atoms with Gasteiger partial charge < -0.3 is 105 Å². The Bertz CT molecular complexity index is 4820. The van der Waals surface area contributed by atoms with E-state index in [9.17, 15) is 93.4 Å². The van der Waals surface area contributed by atoms with Crippen LogP contribution in [0.3, 0.4) is 0 Å². The van der Waals surface area contributed by atoms with Gasteiger partial charge in [0.2, 0.25) is 76.6 Å². The van der Waals surface area contributed by atoms with E-state index in [1.165, 1.54) is 24.3 Å². The summed E-state index contributed by atoms with van der Waals surface area (Å²) in [7, 11) is -9.03. The molecule has 0 radical (unpaired) electrons. The van der Waals surface area contributed by atoms with Crippen molar-refractivity contribution in [3.05, 3.63) is 119 Å². The summed E-state index contributed by atoms with van der Waals surface area (Å²) in [5.41, 5.74) is 19.8. The lowest BCUT2D eigenvalue weighted by Crippen LogP contribution is -2.60. The highest BCUT2D eigenvalue weighted by Crippen LogP contribution is 2.48. The Hall–Kier alpha value is -10.6. The third-order valence-electron chi connectivity index (χ3n) is 20.6. The third kappa shape index (κ3) is 35.7. The van der Waals surface area contributed by atoms with Crippen LogP contribution in [0.15, 0.2) is 118 Å². The van der Waals surface area contributed by atoms with Crippen LogP contribution in [-0.4, -0.2) is 288 Å². The van der Waals surface area contributed by atoms with Gasteiger partial charge >= 0.3 is 5.97 Å². The molecule has 3 aliphatic rings. The number of guanidine groups is 1. The second-order valence-corrected chi connectivity index (χ2v) is 35.7. The van der Waals surface area contributed by atoms with Crippen LogP contribution >= 0.6 is 37.0 Å². The second kappa shape index (κ2) is 53.5. The molecule has 6 rings (SSSR count). The number of primary amides is 1. The number of nitrogens with one attached hydrogen (secondary N) is 11. The number of thiol groups is 2. The maximum Gasteiger partial charge on any atom is 0.305 e. The van der Waals surface area contributed by atoms with Gasteiger partial charge in [-0.15, -0.1) is 11.8 Å². The fourth-order valence-electron chi connectivity index (χ4n) is 14.0. The minimum atomic E-state index is -4.57. The van der Waals surface area contributed by atoms with Gasteiger partial charge in [0.15, 0.2) is 11.7 Å². The van der Waals surface area contributed by atoms with Crippen molar-refractivity contribution in [2.24, 2.45) is 22.2 Å². The standard InChI is InChI=1S/C83H119N17O24S5/c1-6-99-64-28-26-53(128(115,116)117)42-55(64)82(2,3)66(99)23-12-8-13-24-67-83(4,5)56-43-54(129(118,119)120)27-29-65(56)100(67)34-17-9-14-25-69(102)87-30-16-15-21-58-76(110)96-61(48-125)79(113)94-57(22-18-31-90-81(85)86)74(108)91-45-70(103)93-60(44-73(106)107)78(112)97-62(49-126)80(114)95-59(41-52-19-10-7-11-20-52)77(111)98-63(50-127-51-72(105)92-58)75(109)89-33-36-122-38-40-123-39-37-121-35-32-88-71(104)47-124-46-68(84)101/h7-8,10-13,19-20,23-24,26-29,42-43,57-63H,6,9,14-18,21-22,25,30-41,44-51H2,1-5H3,(H21-,84,85,86,87,88,89,90,91,92,93,94,95,96,97,98,101,102,103,104,105,106,107,108,109,110,111,112,113,114,115,116,117,118,119,120,125,126)/p+1/t57-,58-,59-,60-,61-,62-,63-/m0/s1. The summed E-state index contributed by atoms with van der Waals surface area (Å²) in [4.78, 5) is 181. The van der Waals surface area contributed by atoms with Crippen LogP contribution in [0.25, 0.3) is 0 Å². The molecule has 0 aromatic heterocycles. The first kappa shape index (κ1) is 107. The van der Waals surface area contributed by atoms with Crippen molar-refractivity contribution in [2.45, 2.75) is 168 Å². The minimum absolute atomic E-state index is 0.0382. The summed E-state index contributed by atoms with van der Waals surface area (Å²) in [6, 6.07) is 6.41. The quantitative estimate of drug-likeness (QED) is 0.00607. The largest absolute Gasteiger partial charge is 0.481 e. The van der Waals surface area contributed by atoms with Crippen molar-refractivity contribution >= 4 is 157 Å². The molecule has 129 heavy (non-hydrogen) atoms. The third-order valence-corrected chi connectivity index (χ3v) is 24.1. The van der Waals surface area contributed by atoms with Crippen LogP contribution in [0.5, 0.6) is 0 Å². The molecule has 46 heteroatoms. The number of amides is 12. The fourth-order valence-corrected chi connectivity index (χ4v) is 16.4.